The molecule has 1 aromatic rings. The molecule has 1 heterocycles. The first kappa shape index (κ1) is 21.1. The average molecular weight is 376 g/mol. The molecule has 0 bridgehead atoms. The lowest BCUT2D eigenvalue weighted by atomic mass is 9.96. The van der Waals surface area contributed by atoms with Crippen molar-refractivity contribution in [2.24, 2.45) is 5.92 Å². The van der Waals surface area contributed by atoms with Crippen LogP contribution in [0.1, 0.15) is 55.1 Å². The number of amides is 2. The molecule has 0 radical (unpaired) electrons. The third-order valence-corrected chi connectivity index (χ3v) is 4.98. The zero-order valence-electron chi connectivity index (χ0n) is 17.3. The lowest BCUT2D eigenvalue weighted by Gasteiger charge is -2.35. The minimum absolute atomic E-state index is 0.0630. The third-order valence-electron chi connectivity index (χ3n) is 4.98. The van der Waals surface area contributed by atoms with Gasteiger partial charge in [0, 0.05) is 26.7 Å². The number of piperidine rings is 1. The number of benzene rings is 1. The van der Waals surface area contributed by atoms with Crippen molar-refractivity contribution in [2.75, 3.05) is 26.7 Å². The van der Waals surface area contributed by atoms with Crippen LogP contribution >= 0.6 is 0 Å². The third kappa shape index (κ3) is 5.37. The van der Waals surface area contributed by atoms with Crippen LogP contribution in [0, 0.1) is 19.8 Å². The molecule has 1 saturated heterocycles. The average Bonchev–Trinajstić information content (AvgIpc) is 2.58. The first-order chi connectivity index (χ1) is 12.5. The second-order valence-electron chi connectivity index (χ2n) is 8.52. The Balaban J connectivity index is 2.02. The number of nitrogens with zero attached hydrogens (tertiary/aromatic N) is 2. The number of hydrogen-bond acceptors (Lipinski definition) is 4. The summed E-state index contributed by atoms with van der Waals surface area (Å²) >= 11 is 0. The van der Waals surface area contributed by atoms with Crippen LogP contribution in [0.15, 0.2) is 12.1 Å². The van der Waals surface area contributed by atoms with Gasteiger partial charge in [-0.25, -0.2) is 4.79 Å². The second kappa shape index (κ2) is 8.19. The van der Waals surface area contributed by atoms with Crippen molar-refractivity contribution in [3.8, 4) is 5.75 Å². The number of carbonyl (C=O) groups is 2. The highest BCUT2D eigenvalue weighted by Gasteiger charge is 2.29. The summed E-state index contributed by atoms with van der Waals surface area (Å²) in [7, 11) is 1.73. The van der Waals surface area contributed by atoms with E-state index in [9.17, 15) is 14.7 Å². The molecular formula is C21H32N2O4. The largest absolute Gasteiger partial charge is 0.507 e. The van der Waals surface area contributed by atoms with E-state index in [2.05, 4.69) is 0 Å². The van der Waals surface area contributed by atoms with Crippen molar-refractivity contribution in [1.29, 1.82) is 0 Å². The number of carbonyl (C=O) groups excluding carboxylic acids is 2. The van der Waals surface area contributed by atoms with E-state index in [1.807, 2.05) is 40.7 Å². The quantitative estimate of drug-likeness (QED) is 0.873. The summed E-state index contributed by atoms with van der Waals surface area (Å²) < 4.78 is 5.40. The molecule has 1 N–H and O–H groups in total. The summed E-state index contributed by atoms with van der Waals surface area (Å²) in [6, 6.07) is 3.55. The summed E-state index contributed by atoms with van der Waals surface area (Å²) in [5, 5.41) is 10.4. The van der Waals surface area contributed by atoms with Gasteiger partial charge in [-0.1, -0.05) is 6.07 Å². The van der Waals surface area contributed by atoms with Crippen LogP contribution in [0.5, 0.6) is 5.75 Å². The second-order valence-corrected chi connectivity index (χ2v) is 8.52. The minimum Gasteiger partial charge on any atom is -0.507 e. The van der Waals surface area contributed by atoms with Crippen LogP contribution in [-0.2, 0) is 4.74 Å². The monoisotopic (exact) mass is 376 g/mol. The molecule has 1 unspecified atom stereocenters. The molecule has 2 rings (SSSR count). The minimum atomic E-state index is -0.527. The van der Waals surface area contributed by atoms with Gasteiger partial charge in [-0.15, -0.1) is 0 Å². The predicted molar refractivity (Wildman–Crippen MR) is 105 cm³/mol. The van der Waals surface area contributed by atoms with Gasteiger partial charge in [-0.3, -0.25) is 4.79 Å². The molecule has 6 nitrogen and oxygen atoms in total. The Morgan fingerprint density at radius 1 is 1.30 bits per heavy atom. The molecule has 0 saturated carbocycles. The van der Waals surface area contributed by atoms with Gasteiger partial charge in [0.25, 0.3) is 5.91 Å². The predicted octanol–water partition coefficient (Wildman–Crippen LogP) is 3.73. The van der Waals surface area contributed by atoms with Gasteiger partial charge in [0.05, 0.1) is 5.56 Å². The molecule has 1 atom stereocenters. The van der Waals surface area contributed by atoms with Crippen LogP contribution in [0.25, 0.3) is 0 Å². The van der Waals surface area contributed by atoms with Crippen LogP contribution in [0.4, 0.5) is 4.79 Å². The number of hydrogen-bond donors (Lipinski definition) is 1. The number of aryl methyl sites for hydroxylation is 1. The number of aromatic hydroxyl groups is 1. The Labute approximate surface area is 162 Å². The Morgan fingerprint density at radius 2 is 1.96 bits per heavy atom. The summed E-state index contributed by atoms with van der Waals surface area (Å²) in [5.41, 5.74) is 1.51. The van der Waals surface area contributed by atoms with E-state index >= 15 is 0 Å². The lowest BCUT2D eigenvalue weighted by Crippen LogP contribution is -2.45. The van der Waals surface area contributed by atoms with Gasteiger partial charge >= 0.3 is 6.09 Å². The van der Waals surface area contributed by atoms with Crippen LogP contribution in [0.3, 0.4) is 0 Å². The van der Waals surface area contributed by atoms with E-state index in [-0.39, 0.29) is 23.7 Å². The molecule has 27 heavy (non-hydrogen) atoms. The normalized spacial score (nSPS) is 17.6. The van der Waals surface area contributed by atoms with Crippen LogP contribution < -0.4 is 0 Å². The highest BCUT2D eigenvalue weighted by Crippen LogP contribution is 2.28. The molecule has 0 aromatic heterocycles. The Hall–Kier alpha value is -2.24. The topological polar surface area (TPSA) is 70.1 Å². The number of likely N-dealkylation sites (tertiary alicyclic amines) is 1. The van der Waals surface area contributed by atoms with E-state index in [1.165, 1.54) is 0 Å². The highest BCUT2D eigenvalue weighted by atomic mass is 16.6. The molecule has 150 valence electrons. The fourth-order valence-electron chi connectivity index (χ4n) is 3.34. The van der Waals surface area contributed by atoms with Gasteiger partial charge in [0.2, 0.25) is 0 Å². The van der Waals surface area contributed by atoms with Crippen molar-refractivity contribution in [2.45, 2.75) is 53.1 Å². The first-order valence-electron chi connectivity index (χ1n) is 9.52. The molecule has 1 aliphatic heterocycles. The molecule has 0 spiro atoms. The Bertz CT molecular complexity index is 709. The summed E-state index contributed by atoms with van der Waals surface area (Å²) in [6.45, 7) is 11.0. The fourth-order valence-corrected chi connectivity index (χ4v) is 3.34. The highest BCUT2D eigenvalue weighted by molar-refractivity contribution is 5.97. The van der Waals surface area contributed by atoms with Crippen molar-refractivity contribution >= 4 is 12.0 Å². The SMILES string of the molecule is Cc1ccc(C(=O)N2CCCC(CN(C)C(=O)OC(C)(C)C)C2)c(O)c1C. The van der Waals surface area contributed by atoms with Crippen molar-refractivity contribution in [3.63, 3.8) is 0 Å². The smallest absolute Gasteiger partial charge is 0.410 e. The maximum Gasteiger partial charge on any atom is 0.410 e. The maximum absolute atomic E-state index is 12.9. The summed E-state index contributed by atoms with van der Waals surface area (Å²) in [4.78, 5) is 28.4. The molecule has 1 aliphatic rings. The summed E-state index contributed by atoms with van der Waals surface area (Å²) in [6.07, 6.45) is 1.48. The Morgan fingerprint density at radius 3 is 2.59 bits per heavy atom. The van der Waals surface area contributed by atoms with E-state index in [0.29, 0.717) is 25.2 Å². The zero-order valence-corrected chi connectivity index (χ0v) is 17.3. The Kier molecular flexibility index (Phi) is 6.39. The van der Waals surface area contributed by atoms with Crippen LogP contribution in [-0.4, -0.2) is 59.2 Å². The van der Waals surface area contributed by atoms with E-state index in [0.717, 1.165) is 24.0 Å². The van der Waals surface area contributed by atoms with E-state index < -0.39 is 5.60 Å². The zero-order chi connectivity index (χ0) is 20.4. The lowest BCUT2D eigenvalue weighted by molar-refractivity contribution is 0.0244. The van der Waals surface area contributed by atoms with Gasteiger partial charge < -0.3 is 19.6 Å². The number of ether oxygens (including phenoxy) is 1. The summed E-state index contributed by atoms with van der Waals surface area (Å²) in [5.74, 6) is 0.0992. The first-order valence-corrected chi connectivity index (χ1v) is 9.52. The number of rotatable bonds is 3. The molecule has 1 aromatic carbocycles. The van der Waals surface area contributed by atoms with Gasteiger partial charge in [0.15, 0.2) is 0 Å². The molecule has 1 fully saturated rings. The fraction of sp³-hybridized carbons (Fsp3) is 0.619. The molecule has 0 aliphatic carbocycles. The van der Waals surface area contributed by atoms with Crippen LogP contribution in [0.2, 0.25) is 0 Å². The van der Waals surface area contributed by atoms with Gasteiger partial charge in [0.1, 0.15) is 11.4 Å². The van der Waals surface area contributed by atoms with Gasteiger partial charge in [-0.05, 0) is 70.6 Å². The van der Waals surface area contributed by atoms with E-state index in [4.69, 9.17) is 4.74 Å². The molecular weight excluding hydrogens is 344 g/mol. The number of phenolic OH excluding ortho intramolecular Hbond substituents is 1. The van der Waals surface area contributed by atoms with E-state index in [1.54, 1.807) is 22.9 Å². The maximum atomic E-state index is 12.9. The van der Waals surface area contributed by atoms with Gasteiger partial charge in [-0.2, -0.15) is 0 Å². The molecule has 6 heteroatoms. The molecule has 2 amide bonds. The number of phenols is 1. The van der Waals surface area contributed by atoms with Crippen molar-refractivity contribution in [3.05, 3.63) is 28.8 Å². The van der Waals surface area contributed by atoms with Crippen molar-refractivity contribution in [1.82, 2.24) is 9.80 Å². The standard InChI is InChI=1S/C21H32N2O4/c1-14-9-10-17(18(24)15(14)2)19(25)23-11-7-8-16(13-23)12-22(6)20(26)27-21(3,4)5/h9-10,16,24H,7-8,11-13H2,1-6H3. The van der Waals surface area contributed by atoms with Crippen molar-refractivity contribution < 1.29 is 19.4 Å².